The van der Waals surface area contributed by atoms with Gasteiger partial charge in [-0.15, -0.1) is 0 Å². The summed E-state index contributed by atoms with van der Waals surface area (Å²) in [5.74, 6) is -0.240. The Bertz CT molecular complexity index is 1060. The number of aryl methyl sites for hydroxylation is 1. The lowest BCUT2D eigenvalue weighted by Gasteiger charge is -2.12. The van der Waals surface area contributed by atoms with E-state index in [9.17, 15) is 4.79 Å². The molecule has 0 radical (unpaired) electrons. The monoisotopic (exact) mass is 492 g/mol. The van der Waals surface area contributed by atoms with Crippen LogP contribution in [0.2, 0.25) is 10.0 Å². The van der Waals surface area contributed by atoms with Gasteiger partial charge in [-0.05, 0) is 62.4 Å². The Morgan fingerprint density at radius 1 is 1.14 bits per heavy atom. The third-order valence-electron chi connectivity index (χ3n) is 4.31. The number of hydrogen-bond donors (Lipinski definition) is 2. The van der Waals surface area contributed by atoms with Crippen LogP contribution >= 0.6 is 39.1 Å². The highest BCUT2D eigenvalue weighted by Crippen LogP contribution is 2.28. The molecule has 2 aromatic carbocycles. The molecule has 1 heterocycles. The first kappa shape index (κ1) is 21.4. The predicted molar refractivity (Wildman–Crippen MR) is 124 cm³/mol. The molecule has 3 aromatic rings. The summed E-state index contributed by atoms with van der Waals surface area (Å²) < 4.78 is 2.99. The first-order valence-electron chi connectivity index (χ1n) is 8.81. The van der Waals surface area contributed by atoms with Crippen molar-refractivity contribution in [3.05, 3.63) is 80.0 Å². The standard InChI is InChI=1S/C21H19BrCl2N4O/c1-13-9-15(14(2)28(13)20-10-17(23)5-8-19(20)24)11-26-27-21(29)12-25-18-6-3-16(22)4-7-18/h3-11,25H,12H2,1-2H3,(H,27,29). The van der Waals surface area contributed by atoms with E-state index in [0.717, 1.165) is 32.8 Å². The van der Waals surface area contributed by atoms with Crippen molar-refractivity contribution >= 4 is 56.9 Å². The van der Waals surface area contributed by atoms with Crippen LogP contribution in [0.1, 0.15) is 17.0 Å². The minimum atomic E-state index is -0.240. The Labute approximate surface area is 187 Å². The molecule has 0 unspecified atom stereocenters. The second-order valence-corrected chi connectivity index (χ2v) is 8.17. The first-order valence-corrected chi connectivity index (χ1v) is 10.4. The van der Waals surface area contributed by atoms with Gasteiger partial charge in [0.25, 0.3) is 5.91 Å². The number of carbonyl (C=O) groups excluding carboxylic acids is 1. The van der Waals surface area contributed by atoms with Crippen molar-refractivity contribution in [2.45, 2.75) is 13.8 Å². The molecule has 5 nitrogen and oxygen atoms in total. The Kier molecular flexibility index (Phi) is 7.00. The van der Waals surface area contributed by atoms with Crippen molar-refractivity contribution in [2.24, 2.45) is 5.10 Å². The van der Waals surface area contributed by atoms with Crippen LogP contribution in [-0.4, -0.2) is 23.2 Å². The number of aromatic nitrogens is 1. The van der Waals surface area contributed by atoms with E-state index in [2.05, 4.69) is 31.8 Å². The maximum Gasteiger partial charge on any atom is 0.259 e. The van der Waals surface area contributed by atoms with Gasteiger partial charge in [-0.1, -0.05) is 39.1 Å². The molecule has 2 N–H and O–H groups in total. The summed E-state index contributed by atoms with van der Waals surface area (Å²) in [6, 6.07) is 14.9. The van der Waals surface area contributed by atoms with Crippen LogP contribution in [0.25, 0.3) is 5.69 Å². The van der Waals surface area contributed by atoms with Crippen molar-refractivity contribution in [1.29, 1.82) is 0 Å². The van der Waals surface area contributed by atoms with Crippen LogP contribution in [0.5, 0.6) is 0 Å². The fourth-order valence-corrected chi connectivity index (χ4v) is 3.54. The molecule has 0 atom stereocenters. The number of hydrogen-bond acceptors (Lipinski definition) is 3. The number of halogens is 3. The maximum atomic E-state index is 12.0. The van der Waals surface area contributed by atoms with Crippen molar-refractivity contribution < 1.29 is 4.79 Å². The molecule has 29 heavy (non-hydrogen) atoms. The van der Waals surface area contributed by atoms with E-state index >= 15 is 0 Å². The molecule has 0 bridgehead atoms. The summed E-state index contributed by atoms with van der Waals surface area (Å²) >= 11 is 15.8. The zero-order valence-electron chi connectivity index (χ0n) is 15.8. The third kappa shape index (κ3) is 5.41. The number of carbonyl (C=O) groups is 1. The van der Waals surface area contributed by atoms with Gasteiger partial charge in [0.05, 0.1) is 23.5 Å². The maximum absolute atomic E-state index is 12.0. The second-order valence-electron chi connectivity index (χ2n) is 6.41. The molecule has 0 aliphatic carbocycles. The lowest BCUT2D eigenvalue weighted by Crippen LogP contribution is -2.25. The second kappa shape index (κ2) is 9.48. The number of nitrogens with one attached hydrogen (secondary N) is 2. The number of anilines is 1. The number of nitrogens with zero attached hydrogens (tertiary/aromatic N) is 2. The molecule has 1 aromatic heterocycles. The van der Waals surface area contributed by atoms with Gasteiger partial charge in [-0.3, -0.25) is 4.79 Å². The Hall–Kier alpha value is -2.28. The lowest BCUT2D eigenvalue weighted by molar-refractivity contribution is -0.119. The van der Waals surface area contributed by atoms with Crippen LogP contribution in [0.4, 0.5) is 5.69 Å². The van der Waals surface area contributed by atoms with Gasteiger partial charge in [0, 0.05) is 32.1 Å². The molecule has 0 aliphatic rings. The van der Waals surface area contributed by atoms with E-state index in [4.69, 9.17) is 23.2 Å². The van der Waals surface area contributed by atoms with Crippen LogP contribution < -0.4 is 10.7 Å². The van der Waals surface area contributed by atoms with Gasteiger partial charge in [0.2, 0.25) is 0 Å². The summed E-state index contributed by atoms with van der Waals surface area (Å²) in [6.45, 7) is 4.06. The van der Waals surface area contributed by atoms with Gasteiger partial charge in [-0.25, -0.2) is 5.43 Å². The van der Waals surface area contributed by atoms with Crippen LogP contribution in [0.3, 0.4) is 0 Å². The van der Waals surface area contributed by atoms with Crippen molar-refractivity contribution in [3.63, 3.8) is 0 Å². The quantitative estimate of drug-likeness (QED) is 0.340. The van der Waals surface area contributed by atoms with E-state index in [1.54, 1.807) is 18.3 Å². The van der Waals surface area contributed by atoms with Gasteiger partial charge in [-0.2, -0.15) is 5.10 Å². The number of amides is 1. The Morgan fingerprint density at radius 3 is 2.59 bits per heavy atom. The molecule has 0 saturated carbocycles. The summed E-state index contributed by atoms with van der Waals surface area (Å²) in [5, 5.41) is 8.32. The highest BCUT2D eigenvalue weighted by molar-refractivity contribution is 9.10. The Balaban J connectivity index is 1.66. The largest absolute Gasteiger partial charge is 0.376 e. The number of benzene rings is 2. The van der Waals surface area contributed by atoms with Crippen LogP contribution in [-0.2, 0) is 4.79 Å². The van der Waals surface area contributed by atoms with Gasteiger partial charge in [0.1, 0.15) is 0 Å². The SMILES string of the molecule is Cc1cc(C=NNC(=O)CNc2ccc(Br)cc2)c(C)n1-c1cc(Cl)ccc1Cl. The summed E-state index contributed by atoms with van der Waals surface area (Å²) in [7, 11) is 0. The van der Waals surface area contributed by atoms with Crippen LogP contribution in [0.15, 0.2) is 58.1 Å². The molecule has 8 heteroatoms. The molecule has 150 valence electrons. The fraction of sp³-hybridized carbons (Fsp3) is 0.143. The molecule has 0 saturated heterocycles. The van der Waals surface area contributed by atoms with Crippen molar-refractivity contribution in [2.75, 3.05) is 11.9 Å². The van der Waals surface area contributed by atoms with Crippen LogP contribution in [0, 0.1) is 13.8 Å². The van der Waals surface area contributed by atoms with Gasteiger partial charge >= 0.3 is 0 Å². The molecule has 3 rings (SSSR count). The topological polar surface area (TPSA) is 58.4 Å². The first-order chi connectivity index (χ1) is 13.8. The van der Waals surface area contributed by atoms with E-state index in [1.165, 1.54) is 0 Å². The third-order valence-corrected chi connectivity index (χ3v) is 5.39. The van der Waals surface area contributed by atoms with Gasteiger partial charge < -0.3 is 9.88 Å². The normalized spacial score (nSPS) is 11.1. The molecule has 1 amide bonds. The molecular formula is C21H19BrCl2N4O. The minimum Gasteiger partial charge on any atom is -0.376 e. The highest BCUT2D eigenvalue weighted by Gasteiger charge is 2.12. The molecule has 0 aliphatic heterocycles. The molecule has 0 fully saturated rings. The summed E-state index contributed by atoms with van der Waals surface area (Å²) in [4.78, 5) is 12.0. The van der Waals surface area contributed by atoms with Gasteiger partial charge in [0.15, 0.2) is 0 Å². The van der Waals surface area contributed by atoms with Crippen molar-refractivity contribution in [3.8, 4) is 5.69 Å². The zero-order valence-corrected chi connectivity index (χ0v) is 18.9. The van der Waals surface area contributed by atoms with E-state index in [1.807, 2.05) is 54.8 Å². The zero-order chi connectivity index (χ0) is 21.0. The fourth-order valence-electron chi connectivity index (χ4n) is 2.91. The summed E-state index contributed by atoms with van der Waals surface area (Å²) in [5.41, 5.74) is 6.99. The number of rotatable bonds is 6. The average Bonchev–Trinajstić information content (AvgIpc) is 2.97. The minimum absolute atomic E-state index is 0.121. The number of hydrazone groups is 1. The van der Waals surface area contributed by atoms with Crippen molar-refractivity contribution in [1.82, 2.24) is 9.99 Å². The lowest BCUT2D eigenvalue weighted by atomic mass is 10.2. The Morgan fingerprint density at radius 2 is 1.86 bits per heavy atom. The van der Waals surface area contributed by atoms with E-state index < -0.39 is 0 Å². The molecule has 0 spiro atoms. The average molecular weight is 494 g/mol. The highest BCUT2D eigenvalue weighted by atomic mass is 79.9. The molecular weight excluding hydrogens is 475 g/mol. The predicted octanol–water partition coefficient (Wildman–Crippen LogP) is 5.73. The van der Waals surface area contributed by atoms with E-state index in [-0.39, 0.29) is 12.5 Å². The van der Waals surface area contributed by atoms with E-state index in [0.29, 0.717) is 10.0 Å². The smallest absolute Gasteiger partial charge is 0.259 e. The summed E-state index contributed by atoms with van der Waals surface area (Å²) in [6.07, 6.45) is 1.62.